The zero-order valence-corrected chi connectivity index (χ0v) is 12.6. The van der Waals surface area contributed by atoms with Gasteiger partial charge in [0.2, 0.25) is 5.91 Å². The molecule has 1 aromatic rings. The number of amides is 1. The quantitative estimate of drug-likeness (QED) is 0.785. The summed E-state index contributed by atoms with van der Waals surface area (Å²) in [4.78, 5) is 12.2. The number of nitrogens with one attached hydrogen (secondary N) is 1. The van der Waals surface area contributed by atoms with Gasteiger partial charge in [-0.2, -0.15) is 0 Å². The summed E-state index contributed by atoms with van der Waals surface area (Å²) in [5.74, 6) is 0.106. The summed E-state index contributed by atoms with van der Waals surface area (Å²) in [5.41, 5.74) is 7.13. The van der Waals surface area contributed by atoms with Crippen LogP contribution in [0.5, 0.6) is 5.75 Å². The van der Waals surface area contributed by atoms with E-state index in [1.165, 1.54) is 0 Å². The number of nitrogens with two attached hydrogens (primary N) is 1. The molecule has 1 atom stereocenters. The van der Waals surface area contributed by atoms with Gasteiger partial charge < -0.3 is 16.2 Å². The number of carbonyl (C=O) groups excluding carboxylic acids is 1. The minimum Gasteiger partial charge on any atom is -0.508 e. The Bertz CT molecular complexity index is 492. The number of hydrogen-bond donors (Lipinski definition) is 3. The Kier molecular flexibility index (Phi) is 3.54. The predicted octanol–water partition coefficient (Wildman–Crippen LogP) is 1.81. The Balaban J connectivity index is 1.92. The van der Waals surface area contributed by atoms with Gasteiger partial charge in [-0.05, 0) is 34.9 Å². The predicted molar refractivity (Wildman–Crippen MR) is 79.3 cm³/mol. The number of carbonyl (C=O) groups is 1. The minimum atomic E-state index is -0.563. The maximum absolute atomic E-state index is 12.2. The first-order chi connectivity index (χ1) is 9.16. The van der Waals surface area contributed by atoms with Gasteiger partial charge in [0.1, 0.15) is 5.75 Å². The van der Waals surface area contributed by atoms with E-state index in [1.54, 1.807) is 24.3 Å². The largest absolute Gasteiger partial charge is 0.508 e. The number of benzene rings is 1. The van der Waals surface area contributed by atoms with E-state index in [2.05, 4.69) is 33.0 Å². The third kappa shape index (κ3) is 2.52. The first kappa shape index (κ1) is 14.9. The number of phenolic OH excluding ortho intramolecular Hbond substituents is 1. The Morgan fingerprint density at radius 2 is 1.75 bits per heavy atom. The van der Waals surface area contributed by atoms with Crippen molar-refractivity contribution in [3.05, 3.63) is 29.8 Å². The van der Waals surface area contributed by atoms with Crippen molar-refractivity contribution < 1.29 is 9.90 Å². The minimum absolute atomic E-state index is 0.110. The molecule has 4 heteroatoms. The van der Waals surface area contributed by atoms with E-state index in [0.717, 1.165) is 5.56 Å². The van der Waals surface area contributed by atoms with E-state index in [0.29, 0.717) is 6.42 Å². The third-order valence-corrected chi connectivity index (χ3v) is 5.04. The molecule has 1 aromatic carbocycles. The molecule has 20 heavy (non-hydrogen) atoms. The maximum Gasteiger partial charge on any atom is 0.237 e. The van der Waals surface area contributed by atoms with E-state index in [-0.39, 0.29) is 28.5 Å². The van der Waals surface area contributed by atoms with Crippen LogP contribution in [0.15, 0.2) is 24.3 Å². The van der Waals surface area contributed by atoms with Gasteiger partial charge in [0.05, 0.1) is 6.04 Å². The molecule has 0 unspecified atom stereocenters. The van der Waals surface area contributed by atoms with Crippen molar-refractivity contribution >= 4 is 5.91 Å². The molecule has 0 saturated heterocycles. The Hall–Kier alpha value is -1.55. The summed E-state index contributed by atoms with van der Waals surface area (Å²) >= 11 is 0. The fraction of sp³-hybridized carbons (Fsp3) is 0.562. The molecule has 0 radical (unpaired) electrons. The third-order valence-electron chi connectivity index (χ3n) is 5.04. The fourth-order valence-corrected chi connectivity index (χ4v) is 2.79. The van der Waals surface area contributed by atoms with Crippen LogP contribution in [0.25, 0.3) is 0 Å². The van der Waals surface area contributed by atoms with E-state index >= 15 is 0 Å². The molecule has 1 aliphatic rings. The summed E-state index contributed by atoms with van der Waals surface area (Å²) in [6, 6.07) is 6.39. The van der Waals surface area contributed by atoms with E-state index in [1.807, 2.05) is 0 Å². The van der Waals surface area contributed by atoms with E-state index < -0.39 is 6.04 Å². The van der Waals surface area contributed by atoms with Crippen LogP contribution in [0.3, 0.4) is 0 Å². The van der Waals surface area contributed by atoms with Gasteiger partial charge >= 0.3 is 0 Å². The van der Waals surface area contributed by atoms with Gasteiger partial charge in [0.25, 0.3) is 0 Å². The molecule has 1 saturated carbocycles. The van der Waals surface area contributed by atoms with E-state index in [4.69, 9.17) is 5.73 Å². The molecule has 1 aliphatic carbocycles. The summed E-state index contributed by atoms with van der Waals surface area (Å²) in [5, 5.41) is 12.3. The highest BCUT2D eigenvalue weighted by atomic mass is 16.3. The molecular formula is C16H24N2O2. The molecule has 0 heterocycles. The molecule has 4 nitrogen and oxygen atoms in total. The maximum atomic E-state index is 12.2. The fourth-order valence-electron chi connectivity index (χ4n) is 2.79. The van der Waals surface area contributed by atoms with Crippen LogP contribution >= 0.6 is 0 Å². The molecule has 0 aliphatic heterocycles. The molecule has 1 amide bonds. The lowest BCUT2D eigenvalue weighted by molar-refractivity contribution is -0.122. The van der Waals surface area contributed by atoms with Crippen LogP contribution in [0.2, 0.25) is 0 Å². The van der Waals surface area contributed by atoms with Crippen LogP contribution in [-0.2, 0) is 11.2 Å². The van der Waals surface area contributed by atoms with Gasteiger partial charge in [-0.25, -0.2) is 0 Å². The molecule has 4 N–H and O–H groups in total. The number of aromatic hydroxyl groups is 1. The lowest BCUT2D eigenvalue weighted by Crippen LogP contribution is -2.44. The van der Waals surface area contributed by atoms with Gasteiger partial charge in [-0.1, -0.05) is 39.8 Å². The second kappa shape index (κ2) is 4.77. The smallest absolute Gasteiger partial charge is 0.237 e. The van der Waals surface area contributed by atoms with E-state index in [9.17, 15) is 9.90 Å². The summed E-state index contributed by atoms with van der Waals surface area (Å²) in [6.45, 7) is 8.62. The van der Waals surface area contributed by atoms with Crippen LogP contribution in [-0.4, -0.2) is 23.1 Å². The van der Waals surface area contributed by atoms with Crippen molar-refractivity contribution in [1.29, 1.82) is 0 Å². The molecule has 1 fully saturated rings. The van der Waals surface area contributed by atoms with Gasteiger partial charge in [-0.15, -0.1) is 0 Å². The molecule has 0 spiro atoms. The molecular weight excluding hydrogens is 252 g/mol. The second-order valence-electron chi connectivity index (χ2n) is 6.86. The lowest BCUT2D eigenvalue weighted by Gasteiger charge is -2.13. The first-order valence-corrected chi connectivity index (χ1v) is 7.00. The van der Waals surface area contributed by atoms with Crippen molar-refractivity contribution in [2.75, 3.05) is 0 Å². The van der Waals surface area contributed by atoms with Crippen molar-refractivity contribution in [2.24, 2.45) is 16.6 Å². The van der Waals surface area contributed by atoms with Crippen molar-refractivity contribution in [3.8, 4) is 5.75 Å². The average molecular weight is 276 g/mol. The highest BCUT2D eigenvalue weighted by Crippen LogP contribution is 2.62. The van der Waals surface area contributed by atoms with Gasteiger partial charge in [0, 0.05) is 6.04 Å². The summed E-state index contributed by atoms with van der Waals surface area (Å²) in [7, 11) is 0. The topological polar surface area (TPSA) is 75.4 Å². The van der Waals surface area contributed by atoms with Crippen molar-refractivity contribution in [3.63, 3.8) is 0 Å². The van der Waals surface area contributed by atoms with Crippen LogP contribution < -0.4 is 11.1 Å². The Morgan fingerprint density at radius 1 is 1.25 bits per heavy atom. The van der Waals surface area contributed by atoms with Crippen LogP contribution in [0, 0.1) is 10.8 Å². The monoisotopic (exact) mass is 276 g/mol. The zero-order valence-electron chi connectivity index (χ0n) is 12.6. The van der Waals surface area contributed by atoms with Crippen LogP contribution in [0.1, 0.15) is 33.3 Å². The van der Waals surface area contributed by atoms with Gasteiger partial charge in [0.15, 0.2) is 0 Å². The van der Waals surface area contributed by atoms with Crippen molar-refractivity contribution in [1.82, 2.24) is 5.32 Å². The summed E-state index contributed by atoms with van der Waals surface area (Å²) < 4.78 is 0. The molecule has 0 bridgehead atoms. The molecule has 0 aromatic heterocycles. The Labute approximate surface area is 120 Å². The number of rotatable bonds is 4. The second-order valence-corrected chi connectivity index (χ2v) is 6.86. The number of hydrogen-bond acceptors (Lipinski definition) is 3. The van der Waals surface area contributed by atoms with Crippen molar-refractivity contribution in [2.45, 2.75) is 46.2 Å². The van der Waals surface area contributed by atoms with Crippen LogP contribution in [0.4, 0.5) is 0 Å². The number of phenols is 1. The lowest BCUT2D eigenvalue weighted by atomic mass is 10.0. The highest BCUT2D eigenvalue weighted by molar-refractivity contribution is 5.82. The zero-order chi connectivity index (χ0) is 15.1. The Morgan fingerprint density at radius 3 is 2.20 bits per heavy atom. The van der Waals surface area contributed by atoms with Gasteiger partial charge in [-0.3, -0.25) is 4.79 Å². The molecule has 2 rings (SSSR count). The normalized spacial score (nSPS) is 21.2. The SMILES string of the molecule is CC1(C)C(NC(=O)[C@H](N)Cc2ccc(O)cc2)C1(C)C. The summed E-state index contributed by atoms with van der Waals surface area (Å²) in [6.07, 6.45) is 0.472. The highest BCUT2D eigenvalue weighted by Gasteiger charge is 2.65. The average Bonchev–Trinajstić information content (AvgIpc) is 2.74. The standard InChI is InChI=1S/C16H24N2O2/c1-15(2)14(16(15,3)4)18-13(20)12(17)9-10-5-7-11(19)8-6-10/h5-8,12,14,19H,9,17H2,1-4H3,(H,18,20)/t12-/m1/s1. The molecule has 110 valence electrons. The first-order valence-electron chi connectivity index (χ1n) is 7.00.